The van der Waals surface area contributed by atoms with Crippen molar-refractivity contribution in [2.75, 3.05) is 0 Å². The molecule has 2 aliphatic rings. The zero-order valence-electron chi connectivity index (χ0n) is 15.2. The third-order valence-electron chi connectivity index (χ3n) is 4.80. The lowest BCUT2D eigenvalue weighted by Crippen LogP contribution is -2.47. The van der Waals surface area contributed by atoms with E-state index in [1.54, 1.807) is 0 Å². The second-order valence-corrected chi connectivity index (χ2v) is 13.2. The van der Waals surface area contributed by atoms with Crippen LogP contribution in [0.2, 0.25) is 19.6 Å². The van der Waals surface area contributed by atoms with E-state index in [1.165, 1.54) is 19.3 Å². The number of hydrogen-bond acceptors (Lipinski definition) is 3. The Bertz CT molecular complexity index is 461. The molecular formula is C18H31FO3Si. The standard InChI is InChI=1S/C18H31FO3Si/c1-12(2)21-18(20)16-17(23(3,4)5)14(19)11-15(22-16)13-9-7-6-8-10-13/h12-13,15-16H,6-11H2,1-5H3/t15-,16-/m0/s1. The fraction of sp³-hybridized carbons (Fsp3) is 0.833. The van der Waals surface area contributed by atoms with E-state index in [0.717, 1.165) is 12.8 Å². The summed E-state index contributed by atoms with van der Waals surface area (Å²) in [5, 5.41) is 0.593. The van der Waals surface area contributed by atoms with Gasteiger partial charge in [-0.15, -0.1) is 0 Å². The number of esters is 1. The highest BCUT2D eigenvalue weighted by atomic mass is 28.3. The van der Waals surface area contributed by atoms with Crippen LogP contribution >= 0.6 is 0 Å². The number of carbonyl (C=O) groups excluding carboxylic acids is 1. The monoisotopic (exact) mass is 342 g/mol. The molecule has 132 valence electrons. The third-order valence-corrected chi connectivity index (χ3v) is 6.94. The van der Waals surface area contributed by atoms with Gasteiger partial charge in [0, 0.05) is 6.42 Å². The van der Waals surface area contributed by atoms with Gasteiger partial charge in [-0.3, -0.25) is 0 Å². The number of ether oxygens (including phenoxy) is 2. The quantitative estimate of drug-likeness (QED) is 0.545. The fourth-order valence-corrected chi connectivity index (χ4v) is 5.66. The normalized spacial score (nSPS) is 27.4. The Morgan fingerprint density at radius 2 is 1.83 bits per heavy atom. The zero-order chi connectivity index (χ0) is 17.2. The molecule has 0 N–H and O–H groups in total. The van der Waals surface area contributed by atoms with Gasteiger partial charge in [-0.25, -0.2) is 9.18 Å². The first-order chi connectivity index (χ1) is 10.7. The van der Waals surface area contributed by atoms with E-state index in [9.17, 15) is 9.18 Å². The highest BCUT2D eigenvalue weighted by Crippen LogP contribution is 2.39. The first kappa shape index (κ1) is 18.7. The predicted octanol–water partition coefficient (Wildman–Crippen LogP) is 4.78. The molecule has 23 heavy (non-hydrogen) atoms. The molecule has 0 spiro atoms. The number of carbonyl (C=O) groups is 1. The summed E-state index contributed by atoms with van der Waals surface area (Å²) < 4.78 is 26.4. The lowest BCUT2D eigenvalue weighted by Gasteiger charge is -2.39. The van der Waals surface area contributed by atoms with Gasteiger partial charge in [0.25, 0.3) is 0 Å². The van der Waals surface area contributed by atoms with Gasteiger partial charge < -0.3 is 9.47 Å². The van der Waals surface area contributed by atoms with E-state index in [2.05, 4.69) is 19.6 Å². The Morgan fingerprint density at radius 1 is 1.22 bits per heavy atom. The molecule has 1 fully saturated rings. The van der Waals surface area contributed by atoms with Crippen molar-refractivity contribution < 1.29 is 18.7 Å². The first-order valence-corrected chi connectivity index (χ1v) is 12.4. The van der Waals surface area contributed by atoms with Crippen LogP contribution in [0.4, 0.5) is 4.39 Å². The highest BCUT2D eigenvalue weighted by Gasteiger charge is 2.44. The molecule has 1 aliphatic heterocycles. The summed E-state index contributed by atoms with van der Waals surface area (Å²) in [7, 11) is -2.00. The van der Waals surface area contributed by atoms with Crippen molar-refractivity contribution >= 4 is 14.0 Å². The lowest BCUT2D eigenvalue weighted by molar-refractivity contribution is -0.165. The van der Waals surface area contributed by atoms with E-state index in [0.29, 0.717) is 17.5 Å². The van der Waals surface area contributed by atoms with E-state index >= 15 is 0 Å². The maximum absolute atomic E-state index is 14.9. The zero-order valence-corrected chi connectivity index (χ0v) is 16.2. The van der Waals surface area contributed by atoms with Gasteiger partial charge in [0.15, 0.2) is 6.10 Å². The van der Waals surface area contributed by atoms with Gasteiger partial charge in [0.2, 0.25) is 0 Å². The minimum Gasteiger partial charge on any atom is -0.461 e. The van der Waals surface area contributed by atoms with Gasteiger partial charge in [0.1, 0.15) is 5.83 Å². The molecule has 1 heterocycles. The van der Waals surface area contributed by atoms with Crippen LogP contribution < -0.4 is 0 Å². The molecule has 0 aromatic heterocycles. The third kappa shape index (κ3) is 4.66. The smallest absolute Gasteiger partial charge is 0.339 e. The topological polar surface area (TPSA) is 35.5 Å². The van der Waals surface area contributed by atoms with Crippen molar-refractivity contribution in [2.45, 2.75) is 90.3 Å². The van der Waals surface area contributed by atoms with Crippen molar-refractivity contribution in [2.24, 2.45) is 5.92 Å². The van der Waals surface area contributed by atoms with Gasteiger partial charge in [-0.1, -0.05) is 38.9 Å². The van der Waals surface area contributed by atoms with Crippen molar-refractivity contribution in [1.29, 1.82) is 0 Å². The van der Waals surface area contributed by atoms with Crippen molar-refractivity contribution in [3.63, 3.8) is 0 Å². The van der Waals surface area contributed by atoms with Crippen molar-refractivity contribution in [1.82, 2.24) is 0 Å². The van der Waals surface area contributed by atoms with E-state index in [4.69, 9.17) is 9.47 Å². The summed E-state index contributed by atoms with van der Waals surface area (Å²) in [6, 6.07) is 0. The summed E-state index contributed by atoms with van der Waals surface area (Å²) in [6.07, 6.45) is 4.85. The molecule has 3 nitrogen and oxygen atoms in total. The minimum atomic E-state index is -2.00. The molecule has 0 unspecified atom stereocenters. The predicted molar refractivity (Wildman–Crippen MR) is 92.6 cm³/mol. The van der Waals surface area contributed by atoms with Crippen LogP contribution in [-0.2, 0) is 14.3 Å². The maximum atomic E-state index is 14.9. The van der Waals surface area contributed by atoms with Crippen molar-refractivity contribution in [3.8, 4) is 0 Å². The van der Waals surface area contributed by atoms with Gasteiger partial charge in [0.05, 0.1) is 20.3 Å². The van der Waals surface area contributed by atoms with Gasteiger partial charge in [-0.05, 0) is 37.8 Å². The van der Waals surface area contributed by atoms with Gasteiger partial charge >= 0.3 is 5.97 Å². The lowest BCUT2D eigenvalue weighted by atomic mass is 9.83. The molecule has 2 atom stereocenters. The summed E-state index contributed by atoms with van der Waals surface area (Å²) in [5.41, 5.74) is 0. The number of hydrogen-bond donors (Lipinski definition) is 0. The Morgan fingerprint density at radius 3 is 2.35 bits per heavy atom. The molecule has 0 radical (unpaired) electrons. The molecule has 0 aromatic rings. The molecule has 0 aromatic carbocycles. The van der Waals surface area contributed by atoms with Crippen LogP contribution in [0.1, 0.15) is 52.4 Å². The largest absolute Gasteiger partial charge is 0.461 e. The Kier molecular flexibility index (Phi) is 6.06. The molecule has 1 aliphatic carbocycles. The molecule has 0 bridgehead atoms. The first-order valence-electron chi connectivity index (χ1n) is 8.95. The van der Waals surface area contributed by atoms with E-state index in [1.807, 2.05) is 13.8 Å². The maximum Gasteiger partial charge on any atom is 0.339 e. The summed E-state index contributed by atoms with van der Waals surface area (Å²) >= 11 is 0. The highest BCUT2D eigenvalue weighted by molar-refractivity contribution is 6.83. The molecule has 5 heteroatoms. The fourth-order valence-electron chi connectivity index (χ4n) is 3.77. The van der Waals surface area contributed by atoms with Crippen LogP contribution in [0.15, 0.2) is 11.0 Å². The van der Waals surface area contributed by atoms with Crippen molar-refractivity contribution in [3.05, 3.63) is 11.0 Å². The Labute approximate surface area is 140 Å². The molecule has 0 amide bonds. The van der Waals surface area contributed by atoms with Crippen LogP contribution in [0.3, 0.4) is 0 Å². The van der Waals surface area contributed by atoms with Crippen LogP contribution in [0.25, 0.3) is 0 Å². The van der Waals surface area contributed by atoms with E-state index in [-0.39, 0.29) is 18.0 Å². The molecule has 2 rings (SSSR count). The summed E-state index contributed by atoms with van der Waals surface area (Å²) in [6.45, 7) is 9.80. The van der Waals surface area contributed by atoms with Crippen LogP contribution in [0.5, 0.6) is 0 Å². The van der Waals surface area contributed by atoms with Gasteiger partial charge in [-0.2, -0.15) is 0 Å². The number of halogens is 1. The molecule has 0 saturated heterocycles. The minimum absolute atomic E-state index is 0.114. The molecular weight excluding hydrogens is 311 g/mol. The van der Waals surface area contributed by atoms with Crippen LogP contribution in [-0.4, -0.2) is 32.4 Å². The van der Waals surface area contributed by atoms with E-state index < -0.39 is 20.1 Å². The summed E-state index contributed by atoms with van der Waals surface area (Å²) in [5.74, 6) is -0.170. The summed E-state index contributed by atoms with van der Waals surface area (Å²) in [4.78, 5) is 12.5. The average Bonchev–Trinajstić information content (AvgIpc) is 2.45. The Hall–Kier alpha value is -0.683. The SMILES string of the molecule is CC(C)OC(=O)[C@H]1O[C@H](C2CCCCC2)CC(F)=C1[Si](C)(C)C. The number of rotatable bonds is 4. The second kappa shape index (κ2) is 7.47. The average molecular weight is 343 g/mol. The second-order valence-electron chi connectivity index (χ2n) is 8.21. The van der Waals surface area contributed by atoms with Crippen LogP contribution in [0, 0.1) is 5.92 Å². The Balaban J connectivity index is 2.25. The molecule has 1 saturated carbocycles.